The van der Waals surface area contributed by atoms with E-state index in [2.05, 4.69) is 10.3 Å². The molecule has 1 aliphatic rings. The summed E-state index contributed by atoms with van der Waals surface area (Å²) in [5.74, 6) is 0.381. The van der Waals surface area contributed by atoms with Crippen molar-refractivity contribution >= 4 is 23.2 Å². The highest BCUT2D eigenvalue weighted by Gasteiger charge is 2.28. The Hall–Kier alpha value is -3.36. The minimum atomic E-state index is -0.433. The van der Waals surface area contributed by atoms with Gasteiger partial charge in [-0.05, 0) is 36.0 Å². The number of amides is 1. The Balaban J connectivity index is 1.46. The quantitative estimate of drug-likeness (QED) is 0.569. The average Bonchev–Trinajstić information content (AvgIpc) is 3.29. The van der Waals surface area contributed by atoms with E-state index in [0.29, 0.717) is 37.3 Å². The van der Waals surface area contributed by atoms with Gasteiger partial charge in [0.15, 0.2) is 5.76 Å². The Morgan fingerprint density at radius 1 is 1.27 bits per heavy atom. The van der Waals surface area contributed by atoms with E-state index < -0.39 is 4.92 Å². The van der Waals surface area contributed by atoms with Crippen LogP contribution in [-0.4, -0.2) is 44.2 Å². The number of likely N-dealkylation sites (tertiary alicyclic amines) is 1. The molecular weight excluding hydrogens is 338 g/mol. The maximum absolute atomic E-state index is 12.3. The number of hydrogen-bond donors (Lipinski definition) is 1. The zero-order valence-corrected chi connectivity index (χ0v) is 13.9. The number of furan rings is 1. The maximum Gasteiger partial charge on any atom is 0.372 e. The third kappa shape index (κ3) is 2.87. The van der Waals surface area contributed by atoms with Crippen LogP contribution in [0.15, 0.2) is 47.2 Å². The molecule has 0 atom stereocenters. The van der Waals surface area contributed by atoms with E-state index >= 15 is 0 Å². The normalized spacial score (nSPS) is 15.3. The van der Waals surface area contributed by atoms with E-state index in [1.165, 1.54) is 10.7 Å². The molecule has 0 aliphatic carbocycles. The van der Waals surface area contributed by atoms with Gasteiger partial charge in [-0.1, -0.05) is 6.07 Å². The summed E-state index contributed by atoms with van der Waals surface area (Å²) in [6.07, 6.45) is 4.45. The molecule has 0 spiro atoms. The molecule has 26 heavy (non-hydrogen) atoms. The van der Waals surface area contributed by atoms with Crippen LogP contribution in [0.25, 0.3) is 5.65 Å². The molecule has 3 aromatic rings. The van der Waals surface area contributed by atoms with Crippen LogP contribution in [0, 0.1) is 10.1 Å². The molecule has 4 heterocycles. The molecule has 3 aromatic heterocycles. The zero-order chi connectivity index (χ0) is 18.1. The fourth-order valence-electron chi connectivity index (χ4n) is 3.23. The van der Waals surface area contributed by atoms with Gasteiger partial charge in [0.25, 0.3) is 5.91 Å². The highest BCUT2D eigenvalue weighted by Crippen LogP contribution is 2.27. The van der Waals surface area contributed by atoms with Crippen molar-refractivity contribution in [3.05, 3.63) is 58.7 Å². The summed E-state index contributed by atoms with van der Waals surface area (Å²) in [4.78, 5) is 29.4. The molecule has 0 aromatic carbocycles. The second-order valence-corrected chi connectivity index (χ2v) is 6.16. The predicted molar refractivity (Wildman–Crippen MR) is 93.1 cm³/mol. The first-order valence-electron chi connectivity index (χ1n) is 8.34. The van der Waals surface area contributed by atoms with Crippen LogP contribution < -0.4 is 5.32 Å². The molecule has 9 nitrogen and oxygen atoms in total. The first kappa shape index (κ1) is 16.1. The van der Waals surface area contributed by atoms with E-state index in [1.807, 2.05) is 0 Å². The molecule has 134 valence electrons. The smallest absolute Gasteiger partial charge is 0.372 e. The molecule has 1 amide bonds. The molecule has 0 saturated carbocycles. The highest BCUT2D eigenvalue weighted by atomic mass is 16.6. The van der Waals surface area contributed by atoms with Gasteiger partial charge in [-0.2, -0.15) is 9.38 Å². The molecule has 9 heteroatoms. The number of fused-ring (bicyclic) bond motifs is 1. The van der Waals surface area contributed by atoms with Gasteiger partial charge in [0, 0.05) is 25.2 Å². The third-order valence-corrected chi connectivity index (χ3v) is 4.53. The van der Waals surface area contributed by atoms with Gasteiger partial charge in [-0.25, -0.2) is 0 Å². The molecule has 0 radical (unpaired) electrons. The van der Waals surface area contributed by atoms with E-state index in [0.717, 1.165) is 0 Å². The first-order valence-corrected chi connectivity index (χ1v) is 8.34. The summed E-state index contributed by atoms with van der Waals surface area (Å²) in [6.45, 7) is 1.11. The van der Waals surface area contributed by atoms with E-state index in [9.17, 15) is 14.9 Å². The predicted octanol–water partition coefficient (Wildman–Crippen LogP) is 2.55. The maximum atomic E-state index is 12.3. The number of aromatic nitrogens is 2. The molecule has 1 aliphatic heterocycles. The van der Waals surface area contributed by atoms with Crippen LogP contribution in [0.1, 0.15) is 23.4 Å². The number of rotatable bonds is 4. The summed E-state index contributed by atoms with van der Waals surface area (Å²) in [7, 11) is 0. The minimum Gasteiger partial charge on any atom is -0.459 e. The summed E-state index contributed by atoms with van der Waals surface area (Å²) in [6, 6.07) is 8.58. The Morgan fingerprint density at radius 2 is 2.08 bits per heavy atom. The van der Waals surface area contributed by atoms with Crippen molar-refractivity contribution in [2.45, 2.75) is 18.9 Å². The van der Waals surface area contributed by atoms with Crippen molar-refractivity contribution < 1.29 is 14.1 Å². The summed E-state index contributed by atoms with van der Waals surface area (Å²) >= 11 is 0. The number of nitrogens with zero attached hydrogens (tertiary/aromatic N) is 4. The molecule has 0 unspecified atom stereocenters. The summed E-state index contributed by atoms with van der Waals surface area (Å²) < 4.78 is 6.61. The number of hydrogen-bond acceptors (Lipinski definition) is 6. The van der Waals surface area contributed by atoms with Crippen molar-refractivity contribution in [3.63, 3.8) is 0 Å². The van der Waals surface area contributed by atoms with Crippen molar-refractivity contribution in [3.8, 4) is 0 Å². The lowest BCUT2D eigenvalue weighted by molar-refractivity contribution is -0.389. The molecule has 1 N–H and O–H groups in total. The minimum absolute atomic E-state index is 0.0132. The Morgan fingerprint density at radius 3 is 2.77 bits per heavy atom. The van der Waals surface area contributed by atoms with Gasteiger partial charge in [-0.3, -0.25) is 4.79 Å². The number of carbonyl (C=O) groups is 1. The van der Waals surface area contributed by atoms with E-state index in [1.54, 1.807) is 41.4 Å². The van der Waals surface area contributed by atoms with Crippen molar-refractivity contribution in [1.29, 1.82) is 0 Å². The number of nitrogens with one attached hydrogen (secondary N) is 1. The molecular formula is C17H17N5O4. The van der Waals surface area contributed by atoms with Gasteiger partial charge < -0.3 is 24.7 Å². The van der Waals surface area contributed by atoms with Gasteiger partial charge >= 0.3 is 5.82 Å². The number of nitro groups is 1. The Kier molecular flexibility index (Phi) is 4.04. The van der Waals surface area contributed by atoms with E-state index in [-0.39, 0.29) is 23.6 Å². The number of piperidine rings is 1. The third-order valence-electron chi connectivity index (χ3n) is 4.53. The summed E-state index contributed by atoms with van der Waals surface area (Å²) in [5, 5.41) is 14.6. The Bertz CT molecular complexity index is 941. The van der Waals surface area contributed by atoms with Crippen LogP contribution >= 0.6 is 0 Å². The van der Waals surface area contributed by atoms with Gasteiger partial charge in [0.05, 0.1) is 12.5 Å². The second-order valence-electron chi connectivity index (χ2n) is 6.16. The zero-order valence-electron chi connectivity index (χ0n) is 13.9. The molecule has 1 fully saturated rings. The topological polar surface area (TPSA) is 106 Å². The van der Waals surface area contributed by atoms with Crippen LogP contribution in [-0.2, 0) is 0 Å². The summed E-state index contributed by atoms with van der Waals surface area (Å²) in [5.41, 5.74) is 0.520. The average molecular weight is 355 g/mol. The highest BCUT2D eigenvalue weighted by molar-refractivity contribution is 5.91. The van der Waals surface area contributed by atoms with Gasteiger partial charge in [0.1, 0.15) is 0 Å². The lowest BCUT2D eigenvalue weighted by Gasteiger charge is -2.31. The standard InChI is InChI=1S/C17H17N5O4/c23-17(13-4-3-11-26-13)20-9-6-12(7-10-20)18-15-16(22(24)25)21-8-2-1-5-14(21)19-15/h1-5,8,11-12,18H,6-7,9-10H2. The molecule has 4 rings (SSSR count). The lowest BCUT2D eigenvalue weighted by Crippen LogP contribution is -2.42. The van der Waals surface area contributed by atoms with Gasteiger partial charge in [0.2, 0.25) is 11.5 Å². The number of pyridine rings is 1. The van der Waals surface area contributed by atoms with Crippen molar-refractivity contribution in [2.24, 2.45) is 0 Å². The lowest BCUT2D eigenvalue weighted by atomic mass is 10.0. The number of imidazole rings is 1. The SMILES string of the molecule is O=C(c1ccco1)N1CCC(Nc2nc3ccccn3c2[N+](=O)[O-])CC1. The van der Waals surface area contributed by atoms with Crippen molar-refractivity contribution in [1.82, 2.24) is 14.3 Å². The number of anilines is 1. The van der Waals surface area contributed by atoms with Crippen LogP contribution in [0.3, 0.4) is 0 Å². The second kappa shape index (κ2) is 6.51. The monoisotopic (exact) mass is 355 g/mol. The van der Waals surface area contributed by atoms with E-state index in [4.69, 9.17) is 4.42 Å². The molecule has 0 bridgehead atoms. The fourth-order valence-corrected chi connectivity index (χ4v) is 3.23. The van der Waals surface area contributed by atoms with Crippen LogP contribution in [0.5, 0.6) is 0 Å². The molecule has 1 saturated heterocycles. The number of carbonyl (C=O) groups excluding carboxylic acids is 1. The first-order chi connectivity index (χ1) is 12.6. The van der Waals surface area contributed by atoms with Crippen LogP contribution in [0.4, 0.5) is 11.6 Å². The van der Waals surface area contributed by atoms with Crippen molar-refractivity contribution in [2.75, 3.05) is 18.4 Å². The van der Waals surface area contributed by atoms with Gasteiger partial charge in [-0.15, -0.1) is 0 Å². The largest absolute Gasteiger partial charge is 0.459 e. The van der Waals surface area contributed by atoms with Crippen LogP contribution in [0.2, 0.25) is 0 Å². The fraction of sp³-hybridized carbons (Fsp3) is 0.294. The Labute approximate surface area is 148 Å².